The number of aromatic nitrogens is 2. The topological polar surface area (TPSA) is 54.9 Å². The molecule has 2 aromatic heterocycles. The number of rotatable bonds is 4. The first kappa shape index (κ1) is 18.3. The van der Waals surface area contributed by atoms with E-state index in [0.717, 1.165) is 21.7 Å². The number of hydrogen-bond acceptors (Lipinski definition) is 4. The summed E-state index contributed by atoms with van der Waals surface area (Å²) in [6.07, 6.45) is 3.37. The van der Waals surface area contributed by atoms with E-state index in [1.165, 1.54) is 18.2 Å². The van der Waals surface area contributed by atoms with Gasteiger partial charge in [0, 0.05) is 39.5 Å². The Morgan fingerprint density at radius 2 is 1.86 bits per heavy atom. The molecule has 0 radical (unpaired) electrons. The van der Waals surface area contributed by atoms with E-state index >= 15 is 0 Å². The minimum absolute atomic E-state index is 0.0347. The van der Waals surface area contributed by atoms with Crippen LogP contribution in [0, 0.1) is 5.82 Å². The zero-order valence-corrected chi connectivity index (χ0v) is 16.0. The lowest BCUT2D eigenvalue weighted by Gasteiger charge is -2.09. The molecule has 4 rings (SSSR count). The number of nitrogens with one attached hydrogen (secondary N) is 1. The Morgan fingerprint density at radius 3 is 2.57 bits per heavy atom. The van der Waals surface area contributed by atoms with Crippen molar-refractivity contribution in [1.82, 2.24) is 9.97 Å². The molecule has 0 bridgehead atoms. The van der Waals surface area contributed by atoms with Crippen LogP contribution in [0.25, 0.3) is 21.7 Å². The van der Waals surface area contributed by atoms with Gasteiger partial charge in [0.1, 0.15) is 16.6 Å². The minimum Gasteiger partial charge on any atom is -0.306 e. The summed E-state index contributed by atoms with van der Waals surface area (Å²) in [6.45, 7) is 0. The van der Waals surface area contributed by atoms with E-state index in [0.29, 0.717) is 10.8 Å². The Bertz CT molecular complexity index is 1130. The Morgan fingerprint density at radius 1 is 1.04 bits per heavy atom. The monoisotopic (exact) mass is 409 g/mol. The molecular weight excluding hydrogens is 397 g/mol. The molecule has 1 N–H and O–H groups in total. The average molecular weight is 410 g/mol. The van der Waals surface area contributed by atoms with E-state index in [-0.39, 0.29) is 5.56 Å². The number of halogens is 2. The highest BCUT2D eigenvalue weighted by molar-refractivity contribution is 7.13. The van der Waals surface area contributed by atoms with Crippen LogP contribution in [0.2, 0.25) is 5.02 Å². The molecule has 0 fully saturated rings. The molecule has 0 aliphatic heterocycles. The molecule has 7 heteroatoms. The zero-order valence-electron chi connectivity index (χ0n) is 14.4. The summed E-state index contributed by atoms with van der Waals surface area (Å²) in [5.74, 6) is -0.811. The highest BCUT2D eigenvalue weighted by atomic mass is 35.5. The lowest BCUT2D eigenvalue weighted by atomic mass is 10.0. The van der Waals surface area contributed by atoms with Gasteiger partial charge in [0.25, 0.3) is 5.91 Å². The third-order valence-corrected chi connectivity index (χ3v) is 5.23. The number of anilines is 1. The molecule has 0 aliphatic carbocycles. The van der Waals surface area contributed by atoms with Gasteiger partial charge in [-0.1, -0.05) is 29.8 Å². The number of pyridine rings is 1. The highest BCUT2D eigenvalue weighted by Gasteiger charge is 2.12. The summed E-state index contributed by atoms with van der Waals surface area (Å²) < 4.78 is 13.7. The number of carbonyl (C=O) groups is 1. The molecular formula is C21H13ClFN3OS. The van der Waals surface area contributed by atoms with Gasteiger partial charge in [0.2, 0.25) is 0 Å². The first-order valence-electron chi connectivity index (χ1n) is 8.33. The van der Waals surface area contributed by atoms with Gasteiger partial charge < -0.3 is 5.32 Å². The predicted molar refractivity (Wildman–Crippen MR) is 110 cm³/mol. The van der Waals surface area contributed by atoms with Crippen LogP contribution in [-0.4, -0.2) is 15.9 Å². The standard InChI is InChI=1S/C21H13ClFN3OS/c22-17-7-5-13(21-24-9-10-28-21)11-16(17)14-6-8-19(25-12-14)26-20(27)15-3-1-2-4-18(15)23/h1-12H,(H,25,26,27). The molecule has 0 atom stereocenters. The van der Waals surface area contributed by atoms with Gasteiger partial charge in [0.15, 0.2) is 0 Å². The minimum atomic E-state index is -0.581. The lowest BCUT2D eigenvalue weighted by molar-refractivity contribution is 0.102. The van der Waals surface area contributed by atoms with Crippen LogP contribution in [0.1, 0.15) is 10.4 Å². The first-order valence-corrected chi connectivity index (χ1v) is 9.59. The van der Waals surface area contributed by atoms with Gasteiger partial charge in [-0.3, -0.25) is 4.79 Å². The van der Waals surface area contributed by atoms with Crippen LogP contribution >= 0.6 is 22.9 Å². The maximum absolute atomic E-state index is 13.7. The Labute approximate surface area is 169 Å². The molecule has 0 saturated heterocycles. The van der Waals surface area contributed by atoms with Crippen molar-refractivity contribution in [2.24, 2.45) is 0 Å². The molecule has 0 saturated carbocycles. The second-order valence-corrected chi connectivity index (χ2v) is 7.20. The molecule has 2 heterocycles. The van der Waals surface area contributed by atoms with Crippen molar-refractivity contribution in [3.8, 4) is 21.7 Å². The Balaban J connectivity index is 1.58. The molecule has 0 spiro atoms. The molecule has 138 valence electrons. The van der Waals surface area contributed by atoms with E-state index in [2.05, 4.69) is 15.3 Å². The van der Waals surface area contributed by atoms with E-state index < -0.39 is 11.7 Å². The van der Waals surface area contributed by atoms with Gasteiger partial charge in [-0.2, -0.15) is 0 Å². The molecule has 2 aromatic carbocycles. The maximum Gasteiger partial charge on any atom is 0.259 e. The molecule has 4 nitrogen and oxygen atoms in total. The van der Waals surface area contributed by atoms with Crippen LogP contribution in [-0.2, 0) is 0 Å². The molecule has 4 aromatic rings. The fraction of sp³-hybridized carbons (Fsp3) is 0. The van der Waals surface area contributed by atoms with Crippen molar-refractivity contribution in [3.63, 3.8) is 0 Å². The van der Waals surface area contributed by atoms with Gasteiger partial charge in [0.05, 0.1) is 5.56 Å². The fourth-order valence-electron chi connectivity index (χ4n) is 2.70. The third kappa shape index (κ3) is 3.78. The molecule has 0 unspecified atom stereocenters. The van der Waals surface area contributed by atoms with Crippen LogP contribution in [0.15, 0.2) is 72.4 Å². The summed E-state index contributed by atoms with van der Waals surface area (Å²) in [4.78, 5) is 20.8. The molecule has 1 amide bonds. The second kappa shape index (κ2) is 7.88. The number of hydrogen-bond donors (Lipinski definition) is 1. The molecule has 28 heavy (non-hydrogen) atoms. The summed E-state index contributed by atoms with van der Waals surface area (Å²) in [7, 11) is 0. The zero-order chi connectivity index (χ0) is 19.5. The molecule has 0 aliphatic rings. The van der Waals surface area contributed by atoms with Crippen LogP contribution in [0.3, 0.4) is 0 Å². The number of nitrogens with zero attached hydrogens (tertiary/aromatic N) is 2. The van der Waals surface area contributed by atoms with Crippen LogP contribution in [0.5, 0.6) is 0 Å². The van der Waals surface area contributed by atoms with E-state index in [9.17, 15) is 9.18 Å². The van der Waals surface area contributed by atoms with Crippen LogP contribution in [0.4, 0.5) is 10.2 Å². The average Bonchev–Trinajstić information content (AvgIpc) is 3.24. The van der Waals surface area contributed by atoms with E-state index in [1.807, 2.05) is 23.6 Å². The normalized spacial score (nSPS) is 10.6. The lowest BCUT2D eigenvalue weighted by Crippen LogP contribution is -2.14. The summed E-state index contributed by atoms with van der Waals surface area (Å²) >= 11 is 7.90. The fourth-order valence-corrected chi connectivity index (χ4v) is 3.56. The van der Waals surface area contributed by atoms with Crippen molar-refractivity contribution in [2.45, 2.75) is 0 Å². The summed E-state index contributed by atoms with van der Waals surface area (Å²) in [6, 6.07) is 14.9. The first-order chi connectivity index (χ1) is 13.6. The quantitative estimate of drug-likeness (QED) is 0.455. The van der Waals surface area contributed by atoms with Crippen molar-refractivity contribution in [3.05, 3.63) is 88.8 Å². The third-order valence-electron chi connectivity index (χ3n) is 4.08. The Kier molecular flexibility index (Phi) is 5.14. The number of benzene rings is 2. The van der Waals surface area contributed by atoms with E-state index in [1.54, 1.807) is 41.9 Å². The predicted octanol–water partition coefficient (Wildman–Crippen LogP) is 5.92. The number of thiazole rings is 1. The number of amides is 1. The van der Waals surface area contributed by atoms with Gasteiger partial charge >= 0.3 is 0 Å². The van der Waals surface area contributed by atoms with Crippen molar-refractivity contribution in [1.29, 1.82) is 0 Å². The summed E-state index contributed by atoms with van der Waals surface area (Å²) in [5.41, 5.74) is 2.54. The van der Waals surface area contributed by atoms with Crippen molar-refractivity contribution in [2.75, 3.05) is 5.32 Å². The maximum atomic E-state index is 13.7. The summed E-state index contributed by atoms with van der Waals surface area (Å²) in [5, 5.41) is 6.00. The van der Waals surface area contributed by atoms with Gasteiger partial charge in [-0.05, 0) is 36.4 Å². The second-order valence-electron chi connectivity index (χ2n) is 5.90. The SMILES string of the molecule is O=C(Nc1ccc(-c2cc(-c3nccs3)ccc2Cl)cn1)c1ccccc1F. The van der Waals surface area contributed by atoms with Crippen LogP contribution < -0.4 is 5.32 Å². The van der Waals surface area contributed by atoms with Crippen molar-refractivity contribution >= 4 is 34.7 Å². The van der Waals surface area contributed by atoms with E-state index in [4.69, 9.17) is 11.6 Å². The Hall–Kier alpha value is -3.09. The highest BCUT2D eigenvalue weighted by Crippen LogP contribution is 2.33. The number of carbonyl (C=O) groups excluding carboxylic acids is 1. The van der Waals surface area contributed by atoms with Gasteiger partial charge in [-0.25, -0.2) is 14.4 Å². The van der Waals surface area contributed by atoms with Gasteiger partial charge in [-0.15, -0.1) is 11.3 Å². The largest absolute Gasteiger partial charge is 0.306 e. The smallest absolute Gasteiger partial charge is 0.259 e. The van der Waals surface area contributed by atoms with Crippen molar-refractivity contribution < 1.29 is 9.18 Å².